The van der Waals surface area contributed by atoms with Crippen LogP contribution in [-0.4, -0.2) is 59.4 Å². The third kappa shape index (κ3) is 3.25. The highest BCUT2D eigenvalue weighted by Gasteiger charge is 2.43. The molecule has 21 heavy (non-hydrogen) atoms. The lowest BCUT2D eigenvalue weighted by molar-refractivity contribution is -0.175. The molecule has 1 aromatic heterocycles. The molecule has 1 atom stereocenters. The maximum atomic E-state index is 12.8. The summed E-state index contributed by atoms with van der Waals surface area (Å²) >= 11 is 0. The summed E-state index contributed by atoms with van der Waals surface area (Å²) in [5.74, 6) is 0. The van der Waals surface area contributed by atoms with E-state index in [1.807, 2.05) is 18.0 Å². The maximum Gasteiger partial charge on any atom is 0.251 e. The van der Waals surface area contributed by atoms with Crippen molar-refractivity contribution in [3.05, 3.63) is 18.0 Å². The van der Waals surface area contributed by atoms with Crippen LogP contribution >= 0.6 is 0 Å². The third-order valence-corrected chi connectivity index (χ3v) is 4.43. The molecule has 2 aliphatic heterocycles. The van der Waals surface area contributed by atoms with Crippen LogP contribution in [0, 0.1) is 0 Å². The smallest absolute Gasteiger partial charge is 0.251 e. The van der Waals surface area contributed by atoms with Crippen LogP contribution in [0.15, 0.2) is 12.3 Å². The largest absolute Gasteiger partial charge is 0.363 e. The number of aryl methyl sites for hydroxylation is 1. The Morgan fingerprint density at radius 3 is 2.86 bits per heavy atom. The predicted octanol–water partition coefficient (Wildman–Crippen LogP) is 1.18. The van der Waals surface area contributed by atoms with E-state index in [4.69, 9.17) is 4.74 Å². The lowest BCUT2D eigenvalue weighted by atomic mass is 9.89. The monoisotopic (exact) mass is 300 g/mol. The van der Waals surface area contributed by atoms with E-state index in [-0.39, 0.29) is 18.2 Å². The van der Waals surface area contributed by atoms with Crippen molar-refractivity contribution < 1.29 is 13.5 Å². The van der Waals surface area contributed by atoms with Crippen LogP contribution in [0.1, 0.15) is 24.6 Å². The summed E-state index contributed by atoms with van der Waals surface area (Å²) in [4.78, 5) is 1.84. The van der Waals surface area contributed by atoms with Crippen LogP contribution in [0.4, 0.5) is 8.78 Å². The van der Waals surface area contributed by atoms with Gasteiger partial charge in [0.05, 0.1) is 17.8 Å². The van der Waals surface area contributed by atoms with Crippen molar-refractivity contribution >= 4 is 0 Å². The fourth-order valence-corrected chi connectivity index (χ4v) is 3.43. The van der Waals surface area contributed by atoms with Crippen molar-refractivity contribution in [2.75, 3.05) is 32.7 Å². The van der Waals surface area contributed by atoms with Gasteiger partial charge in [-0.05, 0) is 32.0 Å². The van der Waals surface area contributed by atoms with E-state index in [2.05, 4.69) is 10.4 Å². The van der Waals surface area contributed by atoms with Crippen LogP contribution < -0.4 is 5.32 Å². The van der Waals surface area contributed by atoms with Gasteiger partial charge in [0, 0.05) is 26.3 Å². The highest BCUT2D eigenvalue weighted by atomic mass is 19.3. The van der Waals surface area contributed by atoms with Crippen LogP contribution in [-0.2, 0) is 11.8 Å². The topological polar surface area (TPSA) is 42.3 Å². The molecule has 7 heteroatoms. The molecule has 0 aromatic carbocycles. The molecule has 2 fully saturated rings. The Bertz CT molecular complexity index is 473. The van der Waals surface area contributed by atoms with Crippen molar-refractivity contribution in [2.45, 2.75) is 31.0 Å². The zero-order valence-corrected chi connectivity index (χ0v) is 12.3. The molecule has 0 radical (unpaired) electrons. The summed E-state index contributed by atoms with van der Waals surface area (Å²) in [6, 6.07) is 1.91. The first-order chi connectivity index (χ1) is 10.1. The molecule has 0 amide bonds. The van der Waals surface area contributed by atoms with E-state index < -0.39 is 6.43 Å². The van der Waals surface area contributed by atoms with Gasteiger partial charge in [-0.25, -0.2) is 8.78 Å². The second kappa shape index (κ2) is 5.98. The van der Waals surface area contributed by atoms with Crippen molar-refractivity contribution in [3.63, 3.8) is 0 Å². The molecule has 3 heterocycles. The van der Waals surface area contributed by atoms with Gasteiger partial charge < -0.3 is 10.1 Å². The lowest BCUT2D eigenvalue weighted by Gasteiger charge is -2.48. The molecule has 3 rings (SSSR count). The van der Waals surface area contributed by atoms with Gasteiger partial charge in [-0.2, -0.15) is 5.10 Å². The standard InChI is InChI=1S/C14H22F2N4O/c1-19-11(2-5-18-19)12-8-20(9-13(15)16)10-14(21-12)3-6-17-7-4-14/h2,5,12-13,17H,3-4,6-10H2,1H3. The number of piperidine rings is 1. The normalized spacial score (nSPS) is 26.6. The highest BCUT2D eigenvalue weighted by Crippen LogP contribution is 2.36. The Balaban J connectivity index is 1.81. The molecule has 1 unspecified atom stereocenters. The third-order valence-electron chi connectivity index (χ3n) is 4.43. The summed E-state index contributed by atoms with van der Waals surface area (Å²) in [5, 5.41) is 7.48. The Hall–Kier alpha value is -1.05. The molecule has 118 valence electrons. The summed E-state index contributed by atoms with van der Waals surface area (Å²) in [7, 11) is 1.86. The number of halogens is 2. The Labute approximate surface area is 123 Å². The summed E-state index contributed by atoms with van der Waals surface area (Å²) < 4.78 is 33.8. The van der Waals surface area contributed by atoms with E-state index in [0.717, 1.165) is 31.6 Å². The van der Waals surface area contributed by atoms with Gasteiger partial charge in [0.1, 0.15) is 6.10 Å². The Morgan fingerprint density at radius 2 is 2.24 bits per heavy atom. The number of alkyl halides is 2. The number of nitrogens with one attached hydrogen (secondary N) is 1. The van der Waals surface area contributed by atoms with Gasteiger partial charge in [-0.15, -0.1) is 0 Å². The zero-order chi connectivity index (χ0) is 14.9. The van der Waals surface area contributed by atoms with Gasteiger partial charge in [-0.3, -0.25) is 9.58 Å². The minimum atomic E-state index is -2.31. The number of rotatable bonds is 3. The molecule has 0 bridgehead atoms. The van der Waals surface area contributed by atoms with Crippen LogP contribution in [0.2, 0.25) is 0 Å². The molecule has 1 aromatic rings. The van der Waals surface area contributed by atoms with Gasteiger partial charge in [-0.1, -0.05) is 0 Å². The van der Waals surface area contributed by atoms with E-state index >= 15 is 0 Å². The van der Waals surface area contributed by atoms with E-state index in [1.54, 1.807) is 10.9 Å². The molecule has 1 spiro atoms. The van der Waals surface area contributed by atoms with Gasteiger partial charge in [0.25, 0.3) is 6.43 Å². The summed E-state index contributed by atoms with van der Waals surface area (Å²) in [5.41, 5.74) is 0.639. The van der Waals surface area contributed by atoms with Crippen molar-refractivity contribution in [1.29, 1.82) is 0 Å². The molecule has 2 saturated heterocycles. The number of aromatic nitrogens is 2. The lowest BCUT2D eigenvalue weighted by Crippen LogP contribution is -2.57. The van der Waals surface area contributed by atoms with Crippen LogP contribution in [0.3, 0.4) is 0 Å². The predicted molar refractivity (Wildman–Crippen MR) is 74.3 cm³/mol. The molecule has 1 N–H and O–H groups in total. The summed E-state index contributed by atoms with van der Waals surface area (Å²) in [6.45, 7) is 2.65. The molecule has 5 nitrogen and oxygen atoms in total. The van der Waals surface area contributed by atoms with Gasteiger partial charge >= 0.3 is 0 Å². The number of nitrogens with zero attached hydrogens (tertiary/aromatic N) is 3. The Kier molecular flexibility index (Phi) is 4.24. The minimum absolute atomic E-state index is 0.188. The van der Waals surface area contributed by atoms with Crippen molar-refractivity contribution in [1.82, 2.24) is 20.0 Å². The van der Waals surface area contributed by atoms with E-state index in [1.165, 1.54) is 0 Å². The molecule has 2 aliphatic rings. The first kappa shape index (κ1) is 14.9. The number of morpholine rings is 1. The zero-order valence-electron chi connectivity index (χ0n) is 12.3. The number of ether oxygens (including phenoxy) is 1. The van der Waals surface area contributed by atoms with Crippen LogP contribution in [0.25, 0.3) is 0 Å². The molecule has 0 saturated carbocycles. The maximum absolute atomic E-state index is 12.8. The number of hydrogen-bond donors (Lipinski definition) is 1. The first-order valence-electron chi connectivity index (χ1n) is 7.45. The number of hydrogen-bond acceptors (Lipinski definition) is 4. The second-order valence-electron chi connectivity index (χ2n) is 6.00. The SMILES string of the molecule is Cn1nccc1C1CN(CC(F)F)CC2(CCNCC2)O1. The Morgan fingerprint density at radius 1 is 1.48 bits per heavy atom. The second-order valence-corrected chi connectivity index (χ2v) is 6.00. The summed E-state index contributed by atoms with van der Waals surface area (Å²) in [6.07, 6.45) is 0.944. The molecular weight excluding hydrogens is 278 g/mol. The van der Waals surface area contributed by atoms with Gasteiger partial charge in [0.2, 0.25) is 0 Å². The average Bonchev–Trinajstić information content (AvgIpc) is 2.84. The average molecular weight is 300 g/mol. The van der Waals surface area contributed by atoms with Gasteiger partial charge in [0.15, 0.2) is 0 Å². The fourth-order valence-electron chi connectivity index (χ4n) is 3.43. The highest BCUT2D eigenvalue weighted by molar-refractivity contribution is 5.08. The molecular formula is C14H22F2N4O. The first-order valence-corrected chi connectivity index (χ1v) is 7.45. The minimum Gasteiger partial charge on any atom is -0.363 e. The van der Waals surface area contributed by atoms with E-state index in [0.29, 0.717) is 13.1 Å². The van der Waals surface area contributed by atoms with E-state index in [9.17, 15) is 8.78 Å². The quantitative estimate of drug-likeness (QED) is 0.910. The molecule has 0 aliphatic carbocycles. The van der Waals surface area contributed by atoms with Crippen LogP contribution in [0.5, 0.6) is 0 Å². The van der Waals surface area contributed by atoms with Crippen molar-refractivity contribution in [3.8, 4) is 0 Å². The fraction of sp³-hybridized carbons (Fsp3) is 0.786. The van der Waals surface area contributed by atoms with Crippen molar-refractivity contribution in [2.24, 2.45) is 7.05 Å².